The zero-order valence-electron chi connectivity index (χ0n) is 17.7. The largest absolute Gasteiger partial charge is 0.481 e. The molecule has 2 unspecified atom stereocenters. The molecule has 2 atom stereocenters. The molecule has 2 N–H and O–H groups in total. The molecule has 30 heavy (non-hydrogen) atoms. The van der Waals surface area contributed by atoms with Gasteiger partial charge in [0.15, 0.2) is 0 Å². The number of hydrogen-bond donors (Lipinski definition) is 2. The van der Waals surface area contributed by atoms with Crippen molar-refractivity contribution in [1.82, 2.24) is 0 Å². The van der Waals surface area contributed by atoms with Gasteiger partial charge in [-0.15, -0.1) is 11.3 Å². The number of aliphatic carboxylic acids is 1. The zero-order valence-corrected chi connectivity index (χ0v) is 18.5. The molecule has 0 bridgehead atoms. The maximum atomic E-state index is 13.1. The monoisotopic (exact) mass is 435 g/mol. The summed E-state index contributed by atoms with van der Waals surface area (Å²) in [5.41, 5.74) is 3.46. The van der Waals surface area contributed by atoms with Gasteiger partial charge in [-0.25, -0.2) is 4.79 Å². The third-order valence-electron chi connectivity index (χ3n) is 6.05. The van der Waals surface area contributed by atoms with Gasteiger partial charge >= 0.3 is 11.9 Å². The molecule has 2 aliphatic rings. The van der Waals surface area contributed by atoms with E-state index in [0.717, 1.165) is 47.3 Å². The van der Waals surface area contributed by atoms with Crippen LogP contribution in [-0.4, -0.2) is 43.3 Å². The Kier molecular flexibility index (Phi) is 7.31. The molecule has 0 spiro atoms. The Bertz CT molecular complexity index is 871. The van der Waals surface area contributed by atoms with E-state index in [0.29, 0.717) is 30.0 Å². The number of carbonyl (C=O) groups excluding carboxylic acids is 2. The highest BCUT2D eigenvalue weighted by Gasteiger charge is 2.38. The van der Waals surface area contributed by atoms with Crippen molar-refractivity contribution < 1.29 is 29.0 Å². The minimum atomic E-state index is -0.966. The predicted octanol–water partition coefficient (Wildman–Crippen LogP) is 3.82. The highest BCUT2D eigenvalue weighted by Crippen LogP contribution is 2.40. The van der Waals surface area contributed by atoms with E-state index in [-0.39, 0.29) is 12.5 Å². The van der Waals surface area contributed by atoms with Crippen molar-refractivity contribution in [3.05, 3.63) is 27.2 Å². The lowest BCUT2D eigenvalue weighted by molar-refractivity contribution is -0.146. The number of hydrogen-bond acceptors (Lipinski definition) is 6. The fourth-order valence-electron chi connectivity index (χ4n) is 4.19. The molecule has 0 aliphatic heterocycles. The van der Waals surface area contributed by atoms with E-state index in [1.165, 1.54) is 18.4 Å². The van der Waals surface area contributed by atoms with Gasteiger partial charge in [0.25, 0.3) is 0 Å². The average Bonchev–Trinajstić information content (AvgIpc) is 3.07. The second kappa shape index (κ2) is 9.75. The molecule has 164 valence electrons. The SMILES string of the molecule is COCCOC(=O)c1c(NC(=O)C2CC(C)=C(C)CC2C(=O)O)sc2c1CCCC2. The summed E-state index contributed by atoms with van der Waals surface area (Å²) in [6, 6.07) is 0. The van der Waals surface area contributed by atoms with Gasteiger partial charge in [-0.1, -0.05) is 11.1 Å². The molecule has 3 rings (SSSR count). The number of esters is 1. The Hall–Kier alpha value is -2.19. The van der Waals surface area contributed by atoms with Crippen LogP contribution in [0.2, 0.25) is 0 Å². The number of nitrogens with one attached hydrogen (secondary N) is 1. The third kappa shape index (κ3) is 4.75. The van der Waals surface area contributed by atoms with Crippen molar-refractivity contribution in [2.45, 2.75) is 52.4 Å². The van der Waals surface area contributed by atoms with Crippen molar-refractivity contribution in [2.24, 2.45) is 11.8 Å². The van der Waals surface area contributed by atoms with Crippen LogP contribution in [0.15, 0.2) is 11.1 Å². The van der Waals surface area contributed by atoms with E-state index < -0.39 is 23.8 Å². The number of thiophene rings is 1. The van der Waals surface area contributed by atoms with Crippen LogP contribution in [0.25, 0.3) is 0 Å². The number of ether oxygens (including phenoxy) is 2. The topological polar surface area (TPSA) is 102 Å². The molecule has 2 aliphatic carbocycles. The Morgan fingerprint density at radius 2 is 1.73 bits per heavy atom. The molecular formula is C22H29NO6S. The number of fused-ring (bicyclic) bond motifs is 1. The molecule has 0 radical (unpaired) electrons. The molecule has 0 saturated carbocycles. The molecule has 0 fully saturated rings. The normalized spacial score (nSPS) is 21.2. The van der Waals surface area contributed by atoms with Crippen LogP contribution >= 0.6 is 11.3 Å². The first-order chi connectivity index (χ1) is 14.3. The molecular weight excluding hydrogens is 406 g/mol. The second-order valence-corrected chi connectivity index (χ2v) is 9.16. The van der Waals surface area contributed by atoms with Crippen LogP contribution in [0, 0.1) is 11.8 Å². The first-order valence-electron chi connectivity index (χ1n) is 10.3. The van der Waals surface area contributed by atoms with E-state index in [2.05, 4.69) is 5.32 Å². The average molecular weight is 436 g/mol. The first kappa shape index (κ1) is 22.5. The molecule has 1 amide bonds. The van der Waals surface area contributed by atoms with E-state index in [1.807, 2.05) is 13.8 Å². The summed E-state index contributed by atoms with van der Waals surface area (Å²) in [5, 5.41) is 13.0. The lowest BCUT2D eigenvalue weighted by Crippen LogP contribution is -2.36. The van der Waals surface area contributed by atoms with Gasteiger partial charge in [0, 0.05) is 12.0 Å². The van der Waals surface area contributed by atoms with Crippen molar-refractivity contribution >= 4 is 34.2 Å². The fourth-order valence-corrected chi connectivity index (χ4v) is 5.47. The highest BCUT2D eigenvalue weighted by atomic mass is 32.1. The summed E-state index contributed by atoms with van der Waals surface area (Å²) in [6.07, 6.45) is 4.46. The van der Waals surface area contributed by atoms with Gasteiger partial charge in [-0.05, 0) is 57.9 Å². The molecule has 0 saturated heterocycles. The first-order valence-corrected chi connectivity index (χ1v) is 11.1. The highest BCUT2D eigenvalue weighted by molar-refractivity contribution is 7.17. The van der Waals surface area contributed by atoms with Crippen molar-refractivity contribution in [2.75, 3.05) is 25.6 Å². The molecule has 1 heterocycles. The van der Waals surface area contributed by atoms with Gasteiger partial charge in [0.2, 0.25) is 5.91 Å². The van der Waals surface area contributed by atoms with E-state index in [9.17, 15) is 19.5 Å². The second-order valence-electron chi connectivity index (χ2n) is 8.05. The Labute approximate surface area is 180 Å². The summed E-state index contributed by atoms with van der Waals surface area (Å²) in [7, 11) is 1.53. The number of carbonyl (C=O) groups is 3. The number of rotatable bonds is 7. The number of aryl methyl sites for hydroxylation is 1. The number of carboxylic acid groups (broad SMARTS) is 1. The van der Waals surface area contributed by atoms with Crippen molar-refractivity contribution in [3.8, 4) is 0 Å². The Morgan fingerprint density at radius 3 is 2.40 bits per heavy atom. The minimum absolute atomic E-state index is 0.139. The van der Waals surface area contributed by atoms with Crippen LogP contribution in [0.4, 0.5) is 5.00 Å². The van der Waals surface area contributed by atoms with E-state index in [4.69, 9.17) is 9.47 Å². The van der Waals surface area contributed by atoms with Crippen LogP contribution in [0.5, 0.6) is 0 Å². The fraction of sp³-hybridized carbons (Fsp3) is 0.591. The number of carboxylic acids is 1. The van der Waals surface area contributed by atoms with Gasteiger partial charge in [-0.3, -0.25) is 9.59 Å². The quantitative estimate of drug-likeness (QED) is 0.384. The summed E-state index contributed by atoms with van der Waals surface area (Å²) in [4.78, 5) is 38.8. The van der Waals surface area contributed by atoms with Crippen molar-refractivity contribution in [1.29, 1.82) is 0 Å². The van der Waals surface area contributed by atoms with Crippen LogP contribution in [0.3, 0.4) is 0 Å². The zero-order chi connectivity index (χ0) is 21.8. The van der Waals surface area contributed by atoms with E-state index in [1.54, 1.807) is 0 Å². The van der Waals surface area contributed by atoms with Crippen LogP contribution in [-0.2, 0) is 31.9 Å². The van der Waals surface area contributed by atoms with Gasteiger partial charge < -0.3 is 19.9 Å². The smallest absolute Gasteiger partial charge is 0.341 e. The Morgan fingerprint density at radius 1 is 1.07 bits per heavy atom. The molecule has 0 aromatic carbocycles. The van der Waals surface area contributed by atoms with Crippen LogP contribution < -0.4 is 5.32 Å². The lowest BCUT2D eigenvalue weighted by atomic mass is 9.76. The minimum Gasteiger partial charge on any atom is -0.481 e. The van der Waals surface area contributed by atoms with Gasteiger partial charge in [0.1, 0.15) is 11.6 Å². The molecule has 8 heteroatoms. The molecule has 1 aromatic rings. The summed E-state index contributed by atoms with van der Waals surface area (Å²) in [5.74, 6) is -3.21. The maximum Gasteiger partial charge on any atom is 0.341 e. The summed E-state index contributed by atoms with van der Waals surface area (Å²) >= 11 is 1.41. The maximum absolute atomic E-state index is 13.1. The number of allylic oxidation sites excluding steroid dienone is 2. The van der Waals surface area contributed by atoms with Gasteiger partial charge in [-0.2, -0.15) is 0 Å². The standard InChI is InChI=1S/C22H29NO6S/c1-12-10-15(16(21(25)26)11-13(12)2)19(24)23-20-18(22(27)29-9-8-28-3)14-6-4-5-7-17(14)30-20/h15-16H,4-11H2,1-3H3,(H,23,24)(H,25,26). The number of methoxy groups -OCH3 is 1. The summed E-state index contributed by atoms with van der Waals surface area (Å²) in [6.45, 7) is 4.30. The molecule has 1 aromatic heterocycles. The Balaban J connectivity index is 1.86. The van der Waals surface area contributed by atoms with Crippen LogP contribution in [0.1, 0.15) is 60.3 Å². The van der Waals surface area contributed by atoms with Crippen molar-refractivity contribution in [3.63, 3.8) is 0 Å². The van der Waals surface area contributed by atoms with Gasteiger partial charge in [0.05, 0.1) is 24.0 Å². The molecule has 7 nitrogen and oxygen atoms in total. The number of anilines is 1. The van der Waals surface area contributed by atoms with E-state index >= 15 is 0 Å². The third-order valence-corrected chi connectivity index (χ3v) is 7.26. The lowest BCUT2D eigenvalue weighted by Gasteiger charge is -2.29. The summed E-state index contributed by atoms with van der Waals surface area (Å²) < 4.78 is 10.3. The predicted molar refractivity (Wildman–Crippen MR) is 114 cm³/mol. The number of amides is 1.